The molecule has 2 bridgehead atoms. The molecule has 1 N–H and O–H groups in total. The maximum atomic E-state index is 14.2. The maximum Gasteiger partial charge on any atom is 0.146 e. The molecule has 2 atom stereocenters. The molecule has 2 unspecified atom stereocenters. The van der Waals surface area contributed by atoms with Crippen molar-refractivity contribution in [3.63, 3.8) is 0 Å². The highest BCUT2D eigenvalue weighted by molar-refractivity contribution is 5.53. The molecule has 0 amide bonds. The van der Waals surface area contributed by atoms with Crippen LogP contribution in [0.15, 0.2) is 12.1 Å². The molecule has 1 aromatic carbocycles. The number of nitrogens with zero attached hydrogens (tertiary/aromatic N) is 1. The van der Waals surface area contributed by atoms with E-state index in [0.717, 1.165) is 32.2 Å². The van der Waals surface area contributed by atoms with Crippen LogP contribution in [0.1, 0.15) is 38.2 Å². The fourth-order valence-corrected chi connectivity index (χ4v) is 3.86. The lowest BCUT2D eigenvalue weighted by Crippen LogP contribution is -2.49. The number of nitrogens with one attached hydrogen (secondary N) is 1. The summed E-state index contributed by atoms with van der Waals surface area (Å²) in [5.41, 5.74) is 0.830. The van der Waals surface area contributed by atoms with Gasteiger partial charge in [0.25, 0.3) is 0 Å². The molecule has 0 radical (unpaired) electrons. The summed E-state index contributed by atoms with van der Waals surface area (Å²) in [5, 5.41) is 3.50. The molecule has 2 aliphatic rings. The van der Waals surface area contributed by atoms with Crippen LogP contribution >= 0.6 is 0 Å². The third-order valence-electron chi connectivity index (χ3n) is 4.73. The van der Waals surface area contributed by atoms with Gasteiger partial charge in [-0.2, -0.15) is 0 Å². The number of benzene rings is 1. The van der Waals surface area contributed by atoms with Crippen molar-refractivity contribution in [1.29, 1.82) is 0 Å². The van der Waals surface area contributed by atoms with Crippen molar-refractivity contribution in [3.8, 4) is 0 Å². The summed E-state index contributed by atoms with van der Waals surface area (Å²) >= 11 is 0. The molecule has 3 rings (SSSR count). The van der Waals surface area contributed by atoms with Crippen LogP contribution in [0.25, 0.3) is 0 Å². The quantitative estimate of drug-likeness (QED) is 0.913. The number of piperidine rings is 1. The summed E-state index contributed by atoms with van der Waals surface area (Å²) in [6, 6.07) is 3.90. The lowest BCUT2D eigenvalue weighted by atomic mass is 9.96. The van der Waals surface area contributed by atoms with Gasteiger partial charge in [0.1, 0.15) is 11.6 Å². The Bertz CT molecular complexity index is 489. The molecule has 2 aliphatic heterocycles. The first-order valence-electron chi connectivity index (χ1n) is 7.57. The summed E-state index contributed by atoms with van der Waals surface area (Å²) in [7, 11) is 0. The van der Waals surface area contributed by atoms with E-state index in [0.29, 0.717) is 29.4 Å². The van der Waals surface area contributed by atoms with E-state index in [1.807, 2.05) is 0 Å². The second-order valence-electron chi connectivity index (χ2n) is 6.07. The third-order valence-corrected chi connectivity index (χ3v) is 4.73. The van der Waals surface area contributed by atoms with Crippen molar-refractivity contribution in [1.82, 2.24) is 5.32 Å². The molecule has 0 aliphatic carbocycles. The zero-order valence-electron chi connectivity index (χ0n) is 12.1. The Hall–Kier alpha value is -1.16. The summed E-state index contributed by atoms with van der Waals surface area (Å²) < 4.78 is 28.0. The Morgan fingerprint density at radius 1 is 1.15 bits per heavy atom. The largest absolute Gasteiger partial charge is 0.363 e. The molecular formula is C16H22F2N2. The molecule has 0 spiro atoms. The topological polar surface area (TPSA) is 15.3 Å². The second-order valence-corrected chi connectivity index (χ2v) is 6.07. The van der Waals surface area contributed by atoms with Crippen molar-refractivity contribution >= 4 is 5.69 Å². The Kier molecular flexibility index (Phi) is 3.67. The predicted octanol–water partition coefficient (Wildman–Crippen LogP) is 3.38. The van der Waals surface area contributed by atoms with Gasteiger partial charge in [0.05, 0.1) is 5.69 Å². The van der Waals surface area contributed by atoms with Gasteiger partial charge in [-0.15, -0.1) is 0 Å². The number of halogens is 2. The molecular weight excluding hydrogens is 258 g/mol. The molecule has 20 heavy (non-hydrogen) atoms. The number of aryl methyl sites for hydroxylation is 1. The normalized spacial score (nSPS) is 29.0. The van der Waals surface area contributed by atoms with E-state index in [1.54, 1.807) is 6.92 Å². The predicted molar refractivity (Wildman–Crippen MR) is 77.1 cm³/mol. The van der Waals surface area contributed by atoms with Crippen molar-refractivity contribution in [2.75, 3.05) is 11.4 Å². The Labute approximate surface area is 119 Å². The van der Waals surface area contributed by atoms with E-state index < -0.39 is 0 Å². The zero-order valence-corrected chi connectivity index (χ0v) is 12.1. The number of hydrogen-bond acceptors (Lipinski definition) is 2. The molecule has 0 saturated carbocycles. The van der Waals surface area contributed by atoms with Crippen molar-refractivity contribution in [2.45, 2.75) is 57.7 Å². The molecule has 1 aromatic rings. The SMILES string of the molecule is CCNC1CC2CCC(C1)N2c1cc(F)c(C)cc1F. The lowest BCUT2D eigenvalue weighted by molar-refractivity contribution is 0.358. The monoisotopic (exact) mass is 280 g/mol. The number of hydrogen-bond donors (Lipinski definition) is 1. The molecule has 2 fully saturated rings. The standard InChI is InChI=1S/C16H22F2N2/c1-3-19-11-7-12-4-5-13(8-11)20(12)16-9-14(17)10(2)6-15(16)18/h6,9,11-13,19H,3-5,7-8H2,1-2H3. The highest BCUT2D eigenvalue weighted by Gasteiger charge is 2.41. The minimum atomic E-state index is -0.311. The maximum absolute atomic E-state index is 14.2. The van der Waals surface area contributed by atoms with Crippen LogP contribution in [0.2, 0.25) is 0 Å². The van der Waals surface area contributed by atoms with Crippen LogP contribution < -0.4 is 10.2 Å². The summed E-state index contributed by atoms with van der Waals surface area (Å²) in [6.45, 7) is 4.69. The van der Waals surface area contributed by atoms with Gasteiger partial charge in [0.15, 0.2) is 0 Å². The minimum absolute atomic E-state index is 0.289. The number of rotatable bonds is 3. The zero-order chi connectivity index (χ0) is 14.3. The van der Waals surface area contributed by atoms with E-state index in [-0.39, 0.29) is 11.6 Å². The van der Waals surface area contributed by atoms with Crippen LogP contribution in [-0.4, -0.2) is 24.7 Å². The van der Waals surface area contributed by atoms with Gasteiger partial charge >= 0.3 is 0 Å². The molecule has 2 nitrogen and oxygen atoms in total. The van der Waals surface area contributed by atoms with Gasteiger partial charge in [0.2, 0.25) is 0 Å². The van der Waals surface area contributed by atoms with Gasteiger partial charge < -0.3 is 10.2 Å². The highest BCUT2D eigenvalue weighted by atomic mass is 19.1. The number of fused-ring (bicyclic) bond motifs is 2. The third kappa shape index (κ3) is 2.30. The van der Waals surface area contributed by atoms with Crippen LogP contribution in [0.3, 0.4) is 0 Å². The van der Waals surface area contributed by atoms with Crippen LogP contribution in [0, 0.1) is 18.6 Å². The number of anilines is 1. The molecule has 4 heteroatoms. The molecule has 0 aromatic heterocycles. The second kappa shape index (κ2) is 5.32. The first-order chi connectivity index (χ1) is 9.60. The van der Waals surface area contributed by atoms with E-state index in [9.17, 15) is 8.78 Å². The fraction of sp³-hybridized carbons (Fsp3) is 0.625. The Morgan fingerprint density at radius 2 is 1.80 bits per heavy atom. The van der Waals surface area contributed by atoms with E-state index in [4.69, 9.17) is 0 Å². The van der Waals surface area contributed by atoms with Gasteiger partial charge in [-0.1, -0.05) is 6.92 Å². The lowest BCUT2D eigenvalue weighted by Gasteiger charge is -2.41. The molecule has 2 saturated heterocycles. The molecule has 110 valence electrons. The minimum Gasteiger partial charge on any atom is -0.363 e. The fourth-order valence-electron chi connectivity index (χ4n) is 3.86. The van der Waals surface area contributed by atoms with Gasteiger partial charge in [-0.25, -0.2) is 8.78 Å². The van der Waals surface area contributed by atoms with E-state index in [1.165, 1.54) is 12.1 Å². The first kappa shape index (κ1) is 13.8. The van der Waals surface area contributed by atoms with Gasteiger partial charge in [-0.3, -0.25) is 0 Å². The van der Waals surface area contributed by atoms with E-state index >= 15 is 0 Å². The van der Waals surface area contributed by atoms with E-state index in [2.05, 4.69) is 17.1 Å². The highest BCUT2D eigenvalue weighted by Crippen LogP contribution is 2.40. The van der Waals surface area contributed by atoms with Crippen molar-refractivity contribution in [2.24, 2.45) is 0 Å². The summed E-state index contributed by atoms with van der Waals surface area (Å²) in [4.78, 5) is 2.13. The average Bonchev–Trinajstić information content (AvgIpc) is 2.66. The first-order valence-corrected chi connectivity index (χ1v) is 7.57. The summed E-state index contributed by atoms with van der Waals surface area (Å²) in [5.74, 6) is -0.600. The van der Waals surface area contributed by atoms with Crippen LogP contribution in [-0.2, 0) is 0 Å². The van der Waals surface area contributed by atoms with Crippen LogP contribution in [0.5, 0.6) is 0 Å². The van der Waals surface area contributed by atoms with Crippen LogP contribution in [0.4, 0.5) is 14.5 Å². The van der Waals surface area contributed by atoms with Crippen molar-refractivity contribution in [3.05, 3.63) is 29.3 Å². The Morgan fingerprint density at radius 3 is 2.40 bits per heavy atom. The van der Waals surface area contributed by atoms with Gasteiger partial charge in [-0.05, 0) is 50.8 Å². The smallest absolute Gasteiger partial charge is 0.146 e. The summed E-state index contributed by atoms with van der Waals surface area (Å²) in [6.07, 6.45) is 4.22. The van der Waals surface area contributed by atoms with Gasteiger partial charge in [0, 0.05) is 24.2 Å². The van der Waals surface area contributed by atoms with Crippen molar-refractivity contribution < 1.29 is 8.78 Å². The average molecular weight is 280 g/mol. The molecule has 2 heterocycles. The Balaban J connectivity index is 1.87.